The van der Waals surface area contributed by atoms with Crippen LogP contribution in [0.3, 0.4) is 0 Å². The van der Waals surface area contributed by atoms with Gasteiger partial charge in [-0.2, -0.15) is 0 Å². The first-order valence-electron chi connectivity index (χ1n) is 4.83. The molecule has 0 spiro atoms. The molecular formula is C11H15NO2. The molecule has 1 atom stereocenters. The van der Waals surface area contributed by atoms with Crippen LogP contribution in [0.2, 0.25) is 0 Å². The summed E-state index contributed by atoms with van der Waals surface area (Å²) in [6, 6.07) is 8.35. The van der Waals surface area contributed by atoms with Gasteiger partial charge in [0.1, 0.15) is 13.0 Å². The highest BCUT2D eigenvalue weighted by Gasteiger charge is 2.18. The van der Waals surface area contributed by atoms with Crippen molar-refractivity contribution in [3.05, 3.63) is 35.4 Å². The number of rotatable bonds is 3. The van der Waals surface area contributed by atoms with Crippen LogP contribution >= 0.6 is 0 Å². The first kappa shape index (κ1) is 9.65. The van der Waals surface area contributed by atoms with E-state index in [-0.39, 0.29) is 6.23 Å². The van der Waals surface area contributed by atoms with Gasteiger partial charge in [0, 0.05) is 13.7 Å². The number of nitrogens with one attached hydrogen (secondary N) is 1. The van der Waals surface area contributed by atoms with Gasteiger partial charge in [-0.15, -0.1) is 0 Å². The first-order chi connectivity index (χ1) is 6.92. The molecule has 1 heterocycles. The number of ether oxygens (including phenoxy) is 2. The molecule has 0 aromatic heterocycles. The fourth-order valence-corrected chi connectivity index (χ4v) is 1.75. The van der Waals surface area contributed by atoms with E-state index < -0.39 is 0 Å². The van der Waals surface area contributed by atoms with Crippen LogP contribution in [0.5, 0.6) is 0 Å². The summed E-state index contributed by atoms with van der Waals surface area (Å²) in [6.45, 7) is 1.29. The Labute approximate surface area is 84.0 Å². The van der Waals surface area contributed by atoms with Crippen LogP contribution in [0.4, 0.5) is 0 Å². The molecule has 3 nitrogen and oxygen atoms in total. The molecule has 76 valence electrons. The SMILES string of the molecule is COCOC1NCCc2ccccc21. The van der Waals surface area contributed by atoms with Gasteiger partial charge in [-0.25, -0.2) is 0 Å². The summed E-state index contributed by atoms with van der Waals surface area (Å²) in [5.74, 6) is 0. The van der Waals surface area contributed by atoms with Gasteiger partial charge in [0.25, 0.3) is 0 Å². The lowest BCUT2D eigenvalue weighted by atomic mass is 10.00. The Morgan fingerprint density at radius 3 is 3.14 bits per heavy atom. The maximum Gasteiger partial charge on any atom is 0.148 e. The van der Waals surface area contributed by atoms with Gasteiger partial charge in [0.05, 0.1) is 0 Å². The molecular weight excluding hydrogens is 178 g/mol. The average molecular weight is 193 g/mol. The summed E-state index contributed by atoms with van der Waals surface area (Å²) in [5.41, 5.74) is 2.60. The Morgan fingerprint density at radius 2 is 2.29 bits per heavy atom. The fourth-order valence-electron chi connectivity index (χ4n) is 1.75. The van der Waals surface area contributed by atoms with Crippen LogP contribution in [0.15, 0.2) is 24.3 Å². The molecule has 0 fully saturated rings. The maximum absolute atomic E-state index is 5.53. The van der Waals surface area contributed by atoms with Gasteiger partial charge in [-0.3, -0.25) is 5.32 Å². The van der Waals surface area contributed by atoms with Crippen molar-refractivity contribution in [1.29, 1.82) is 0 Å². The Balaban J connectivity index is 2.14. The van der Waals surface area contributed by atoms with Crippen LogP contribution in [0.1, 0.15) is 17.4 Å². The van der Waals surface area contributed by atoms with E-state index in [9.17, 15) is 0 Å². The van der Waals surface area contributed by atoms with Crippen LogP contribution in [0.25, 0.3) is 0 Å². The highest BCUT2D eigenvalue weighted by Crippen LogP contribution is 2.23. The number of hydrogen-bond acceptors (Lipinski definition) is 3. The molecule has 1 aromatic carbocycles. The van der Waals surface area contributed by atoms with Gasteiger partial charge in [0.2, 0.25) is 0 Å². The van der Waals surface area contributed by atoms with Gasteiger partial charge < -0.3 is 9.47 Å². The molecule has 1 N–H and O–H groups in total. The minimum absolute atomic E-state index is 0.0140. The van der Waals surface area contributed by atoms with Crippen molar-refractivity contribution in [2.45, 2.75) is 12.6 Å². The number of fused-ring (bicyclic) bond motifs is 1. The summed E-state index contributed by atoms with van der Waals surface area (Å²) < 4.78 is 10.4. The van der Waals surface area contributed by atoms with E-state index >= 15 is 0 Å². The Kier molecular flexibility index (Phi) is 3.14. The molecule has 2 rings (SSSR count). The van der Waals surface area contributed by atoms with Gasteiger partial charge in [0.15, 0.2) is 0 Å². The van der Waals surface area contributed by atoms with E-state index in [1.54, 1.807) is 7.11 Å². The lowest BCUT2D eigenvalue weighted by molar-refractivity contribution is -0.0870. The molecule has 0 saturated heterocycles. The van der Waals surface area contributed by atoms with Crippen molar-refractivity contribution in [3.63, 3.8) is 0 Å². The lowest BCUT2D eigenvalue weighted by Gasteiger charge is -2.26. The van der Waals surface area contributed by atoms with E-state index in [1.165, 1.54) is 11.1 Å². The molecule has 1 unspecified atom stereocenters. The van der Waals surface area contributed by atoms with E-state index in [1.807, 2.05) is 6.07 Å². The fraction of sp³-hybridized carbons (Fsp3) is 0.455. The lowest BCUT2D eigenvalue weighted by Crippen LogP contribution is -2.31. The molecule has 0 aliphatic carbocycles. The zero-order valence-electron chi connectivity index (χ0n) is 8.32. The van der Waals surface area contributed by atoms with E-state index in [2.05, 4.69) is 23.5 Å². The highest BCUT2D eigenvalue weighted by molar-refractivity contribution is 5.30. The number of methoxy groups -OCH3 is 1. The van der Waals surface area contributed by atoms with Crippen molar-refractivity contribution in [2.24, 2.45) is 0 Å². The monoisotopic (exact) mass is 193 g/mol. The third kappa shape index (κ3) is 1.95. The Hall–Kier alpha value is -0.900. The minimum Gasteiger partial charge on any atom is -0.359 e. The normalized spacial score (nSPS) is 20.5. The van der Waals surface area contributed by atoms with Gasteiger partial charge >= 0.3 is 0 Å². The van der Waals surface area contributed by atoms with Crippen LogP contribution in [-0.4, -0.2) is 20.4 Å². The van der Waals surface area contributed by atoms with Gasteiger partial charge in [-0.05, 0) is 17.5 Å². The first-order valence-corrected chi connectivity index (χ1v) is 4.83. The van der Waals surface area contributed by atoms with Crippen molar-refractivity contribution < 1.29 is 9.47 Å². The maximum atomic E-state index is 5.53. The van der Waals surface area contributed by atoms with Crippen LogP contribution in [0, 0.1) is 0 Å². The predicted octanol–water partition coefficient (Wildman–Crippen LogP) is 1.45. The predicted molar refractivity (Wildman–Crippen MR) is 53.9 cm³/mol. The van der Waals surface area contributed by atoms with Crippen LogP contribution < -0.4 is 5.32 Å². The Bertz CT molecular complexity index is 301. The number of hydrogen-bond donors (Lipinski definition) is 1. The number of benzene rings is 1. The van der Waals surface area contributed by atoms with Crippen molar-refractivity contribution in [3.8, 4) is 0 Å². The molecule has 1 aliphatic heterocycles. The van der Waals surface area contributed by atoms with E-state index in [0.717, 1.165) is 13.0 Å². The van der Waals surface area contributed by atoms with Crippen molar-refractivity contribution >= 4 is 0 Å². The smallest absolute Gasteiger partial charge is 0.148 e. The quantitative estimate of drug-likeness (QED) is 0.737. The Morgan fingerprint density at radius 1 is 1.43 bits per heavy atom. The summed E-state index contributed by atoms with van der Waals surface area (Å²) in [6.07, 6.45) is 1.06. The molecule has 0 amide bonds. The summed E-state index contributed by atoms with van der Waals surface area (Å²) in [4.78, 5) is 0. The van der Waals surface area contributed by atoms with Crippen molar-refractivity contribution in [2.75, 3.05) is 20.4 Å². The largest absolute Gasteiger partial charge is 0.359 e. The summed E-state index contributed by atoms with van der Waals surface area (Å²) in [5, 5.41) is 3.31. The molecule has 0 radical (unpaired) electrons. The highest BCUT2D eigenvalue weighted by atomic mass is 16.7. The molecule has 1 aromatic rings. The summed E-state index contributed by atoms with van der Waals surface area (Å²) in [7, 11) is 1.63. The molecule has 0 saturated carbocycles. The summed E-state index contributed by atoms with van der Waals surface area (Å²) >= 11 is 0. The van der Waals surface area contributed by atoms with Crippen LogP contribution in [-0.2, 0) is 15.9 Å². The van der Waals surface area contributed by atoms with Gasteiger partial charge in [-0.1, -0.05) is 24.3 Å². The third-order valence-corrected chi connectivity index (χ3v) is 2.41. The average Bonchev–Trinajstić information content (AvgIpc) is 2.26. The second-order valence-electron chi connectivity index (χ2n) is 3.36. The third-order valence-electron chi connectivity index (χ3n) is 2.41. The minimum atomic E-state index is -0.0140. The molecule has 14 heavy (non-hydrogen) atoms. The zero-order chi connectivity index (χ0) is 9.80. The molecule has 3 heteroatoms. The standard InChI is InChI=1S/C11H15NO2/c1-13-8-14-11-10-5-3-2-4-9(10)6-7-12-11/h2-5,11-12H,6-8H2,1H3. The topological polar surface area (TPSA) is 30.5 Å². The molecule has 0 bridgehead atoms. The molecule has 1 aliphatic rings. The second-order valence-corrected chi connectivity index (χ2v) is 3.36. The van der Waals surface area contributed by atoms with Crippen molar-refractivity contribution in [1.82, 2.24) is 5.32 Å². The second kappa shape index (κ2) is 4.55. The van der Waals surface area contributed by atoms with E-state index in [4.69, 9.17) is 9.47 Å². The van der Waals surface area contributed by atoms with E-state index in [0.29, 0.717) is 6.79 Å². The zero-order valence-corrected chi connectivity index (χ0v) is 8.32.